The molecule has 0 radical (unpaired) electrons. The molecular weight excluding hydrogens is 344 g/mol. The van der Waals surface area contributed by atoms with Crippen LogP contribution < -0.4 is 15.5 Å². The van der Waals surface area contributed by atoms with Crippen molar-refractivity contribution in [1.29, 1.82) is 0 Å². The number of benzene rings is 1. The molecule has 1 fully saturated rings. The average Bonchev–Trinajstić information content (AvgIpc) is 2.65. The van der Waals surface area contributed by atoms with E-state index in [1.165, 1.54) is 22.8 Å². The Kier molecular flexibility index (Phi) is 8.10. The SMILES string of the molecule is CN=C(NCc1ccc(N2CCSCC2)cc1)NCC(OC)C(C)(C)C. The van der Waals surface area contributed by atoms with Crippen molar-refractivity contribution in [3.05, 3.63) is 29.8 Å². The van der Waals surface area contributed by atoms with Gasteiger partial charge in [0.2, 0.25) is 0 Å². The molecule has 2 rings (SSSR count). The highest BCUT2D eigenvalue weighted by Crippen LogP contribution is 2.21. The molecule has 1 unspecified atom stereocenters. The van der Waals surface area contributed by atoms with Crippen LogP contribution in [0.15, 0.2) is 29.3 Å². The zero-order chi connectivity index (χ0) is 19.0. The first-order valence-corrected chi connectivity index (χ1v) is 10.5. The average molecular weight is 379 g/mol. The maximum absolute atomic E-state index is 5.59. The molecule has 0 aliphatic carbocycles. The molecule has 26 heavy (non-hydrogen) atoms. The highest BCUT2D eigenvalue weighted by Gasteiger charge is 2.24. The highest BCUT2D eigenvalue weighted by molar-refractivity contribution is 7.99. The molecule has 0 bridgehead atoms. The Bertz CT molecular complexity index is 562. The summed E-state index contributed by atoms with van der Waals surface area (Å²) in [5.74, 6) is 3.25. The first kappa shape index (κ1) is 20.9. The normalized spacial score (nSPS) is 17.1. The number of guanidine groups is 1. The zero-order valence-corrected chi connectivity index (χ0v) is 17.7. The number of hydrogen-bond donors (Lipinski definition) is 2. The van der Waals surface area contributed by atoms with Gasteiger partial charge >= 0.3 is 0 Å². The first-order chi connectivity index (χ1) is 12.4. The largest absolute Gasteiger partial charge is 0.379 e. The fourth-order valence-electron chi connectivity index (χ4n) is 2.99. The Morgan fingerprint density at radius 2 is 1.85 bits per heavy atom. The summed E-state index contributed by atoms with van der Waals surface area (Å²) in [5, 5.41) is 6.75. The number of ether oxygens (including phenoxy) is 1. The van der Waals surface area contributed by atoms with E-state index in [0.29, 0.717) is 0 Å². The molecule has 0 saturated carbocycles. The van der Waals surface area contributed by atoms with Crippen molar-refractivity contribution >= 4 is 23.4 Å². The summed E-state index contributed by atoms with van der Waals surface area (Å²) < 4.78 is 5.59. The van der Waals surface area contributed by atoms with Crippen LogP contribution in [0.4, 0.5) is 5.69 Å². The van der Waals surface area contributed by atoms with Crippen LogP contribution in [0.2, 0.25) is 0 Å². The predicted molar refractivity (Wildman–Crippen MR) is 114 cm³/mol. The maximum atomic E-state index is 5.59. The van der Waals surface area contributed by atoms with Crippen molar-refractivity contribution in [2.45, 2.75) is 33.4 Å². The van der Waals surface area contributed by atoms with E-state index in [-0.39, 0.29) is 11.5 Å². The lowest BCUT2D eigenvalue weighted by atomic mass is 9.89. The Hall–Kier alpha value is -1.40. The second kappa shape index (κ2) is 10.1. The lowest BCUT2D eigenvalue weighted by molar-refractivity contribution is 0.0205. The zero-order valence-electron chi connectivity index (χ0n) is 16.8. The molecule has 0 aromatic heterocycles. The van der Waals surface area contributed by atoms with E-state index in [9.17, 15) is 0 Å². The molecule has 1 heterocycles. The van der Waals surface area contributed by atoms with Gasteiger partial charge in [-0.2, -0.15) is 11.8 Å². The van der Waals surface area contributed by atoms with Crippen LogP contribution in [0.5, 0.6) is 0 Å². The summed E-state index contributed by atoms with van der Waals surface area (Å²) in [6.45, 7) is 10.3. The highest BCUT2D eigenvalue weighted by atomic mass is 32.2. The van der Waals surface area contributed by atoms with Crippen molar-refractivity contribution in [1.82, 2.24) is 10.6 Å². The minimum Gasteiger partial charge on any atom is -0.379 e. The van der Waals surface area contributed by atoms with Gasteiger partial charge in [-0.1, -0.05) is 32.9 Å². The quantitative estimate of drug-likeness (QED) is 0.589. The van der Waals surface area contributed by atoms with Gasteiger partial charge in [-0.25, -0.2) is 0 Å². The van der Waals surface area contributed by atoms with Gasteiger partial charge in [0, 0.05) is 57.5 Å². The number of anilines is 1. The molecule has 1 aliphatic rings. The summed E-state index contributed by atoms with van der Waals surface area (Å²) in [7, 11) is 3.56. The predicted octanol–water partition coefficient (Wildman–Crippen LogP) is 2.97. The smallest absolute Gasteiger partial charge is 0.191 e. The van der Waals surface area contributed by atoms with Gasteiger partial charge in [0.25, 0.3) is 0 Å². The third-order valence-electron chi connectivity index (χ3n) is 4.70. The summed E-state index contributed by atoms with van der Waals surface area (Å²) in [4.78, 5) is 6.77. The first-order valence-electron chi connectivity index (χ1n) is 9.33. The number of methoxy groups -OCH3 is 1. The van der Waals surface area contributed by atoms with Gasteiger partial charge in [0.05, 0.1) is 6.10 Å². The minimum absolute atomic E-state index is 0.0867. The van der Waals surface area contributed by atoms with Gasteiger partial charge in [-0.05, 0) is 23.1 Å². The maximum Gasteiger partial charge on any atom is 0.191 e. The molecule has 0 spiro atoms. The van der Waals surface area contributed by atoms with Gasteiger partial charge in [-0.15, -0.1) is 0 Å². The minimum atomic E-state index is 0.0867. The molecule has 0 amide bonds. The second-order valence-electron chi connectivity index (χ2n) is 7.66. The van der Waals surface area contributed by atoms with E-state index in [1.807, 2.05) is 11.8 Å². The fourth-order valence-corrected chi connectivity index (χ4v) is 3.89. The lowest BCUT2D eigenvalue weighted by Gasteiger charge is -2.30. The van der Waals surface area contributed by atoms with Crippen LogP contribution in [0.25, 0.3) is 0 Å². The number of thioether (sulfide) groups is 1. The molecule has 5 nitrogen and oxygen atoms in total. The van der Waals surface area contributed by atoms with Crippen LogP contribution in [0, 0.1) is 5.41 Å². The van der Waals surface area contributed by atoms with E-state index in [1.54, 1.807) is 14.2 Å². The molecule has 1 atom stereocenters. The van der Waals surface area contributed by atoms with Crippen LogP contribution in [0.1, 0.15) is 26.3 Å². The molecular formula is C20H34N4OS. The summed E-state index contributed by atoms with van der Waals surface area (Å²) in [6, 6.07) is 8.85. The molecule has 1 aliphatic heterocycles. The van der Waals surface area contributed by atoms with E-state index in [0.717, 1.165) is 32.1 Å². The Balaban J connectivity index is 1.82. The third kappa shape index (κ3) is 6.40. The Morgan fingerprint density at radius 1 is 1.19 bits per heavy atom. The standard InChI is InChI=1S/C20H34N4OS/c1-20(2,3)18(25-5)15-23-19(21-4)22-14-16-6-8-17(9-7-16)24-10-12-26-13-11-24/h6-9,18H,10-15H2,1-5H3,(H2,21,22,23). The third-order valence-corrected chi connectivity index (χ3v) is 5.64. The molecule has 1 saturated heterocycles. The van der Waals surface area contributed by atoms with E-state index in [2.05, 4.69) is 65.6 Å². The number of nitrogens with one attached hydrogen (secondary N) is 2. The number of nitrogens with zero attached hydrogens (tertiary/aromatic N) is 2. The van der Waals surface area contributed by atoms with Gasteiger partial charge < -0.3 is 20.3 Å². The van der Waals surface area contributed by atoms with Crippen LogP contribution >= 0.6 is 11.8 Å². The summed E-state index contributed by atoms with van der Waals surface area (Å²) >= 11 is 2.04. The number of rotatable bonds is 6. The van der Waals surface area contributed by atoms with Crippen molar-refractivity contribution in [3.63, 3.8) is 0 Å². The van der Waals surface area contributed by atoms with E-state index >= 15 is 0 Å². The molecule has 1 aromatic rings. The van der Waals surface area contributed by atoms with E-state index in [4.69, 9.17) is 4.74 Å². The molecule has 146 valence electrons. The van der Waals surface area contributed by atoms with Crippen LogP contribution in [-0.4, -0.2) is 57.4 Å². The van der Waals surface area contributed by atoms with Gasteiger partial charge in [0.15, 0.2) is 5.96 Å². The Labute approximate surface area is 163 Å². The summed E-state index contributed by atoms with van der Waals surface area (Å²) in [6.07, 6.45) is 0.128. The molecule has 2 N–H and O–H groups in total. The summed E-state index contributed by atoms with van der Waals surface area (Å²) in [5.41, 5.74) is 2.66. The van der Waals surface area contributed by atoms with Crippen molar-refractivity contribution in [2.75, 3.05) is 50.2 Å². The van der Waals surface area contributed by atoms with Gasteiger partial charge in [-0.3, -0.25) is 4.99 Å². The molecule has 1 aromatic carbocycles. The van der Waals surface area contributed by atoms with Gasteiger partial charge in [0.1, 0.15) is 0 Å². The number of hydrogen-bond acceptors (Lipinski definition) is 4. The molecule has 6 heteroatoms. The second-order valence-corrected chi connectivity index (χ2v) is 8.89. The van der Waals surface area contributed by atoms with E-state index < -0.39 is 0 Å². The van der Waals surface area contributed by atoms with Crippen molar-refractivity contribution in [3.8, 4) is 0 Å². The topological polar surface area (TPSA) is 48.9 Å². The van der Waals surface area contributed by atoms with Crippen LogP contribution in [0.3, 0.4) is 0 Å². The van der Waals surface area contributed by atoms with Crippen molar-refractivity contribution < 1.29 is 4.74 Å². The lowest BCUT2D eigenvalue weighted by Crippen LogP contribution is -2.45. The monoisotopic (exact) mass is 378 g/mol. The van der Waals surface area contributed by atoms with Crippen LogP contribution in [-0.2, 0) is 11.3 Å². The Morgan fingerprint density at radius 3 is 2.38 bits per heavy atom. The number of aliphatic imine (C=N–C) groups is 1. The van der Waals surface area contributed by atoms with Crippen molar-refractivity contribution in [2.24, 2.45) is 10.4 Å². The fraction of sp³-hybridized carbons (Fsp3) is 0.650.